The van der Waals surface area contributed by atoms with Crippen molar-refractivity contribution in [3.63, 3.8) is 0 Å². The molecule has 1 aromatic carbocycles. The van der Waals surface area contributed by atoms with E-state index >= 15 is 0 Å². The molecule has 1 aliphatic heterocycles. The largest absolute Gasteiger partial charge is 0.479 e. The van der Waals surface area contributed by atoms with Gasteiger partial charge in [-0.2, -0.15) is 4.80 Å². The van der Waals surface area contributed by atoms with Gasteiger partial charge in [0.2, 0.25) is 17.6 Å². The average Bonchev–Trinajstić information content (AvgIpc) is 3.31. The van der Waals surface area contributed by atoms with Crippen molar-refractivity contribution in [3.8, 4) is 11.4 Å². The standard InChI is InChI=1S/C31H41N7O6/c1-5-20-17-31(20,28(41)42)33-26(39)23-16-21(38-35-25(34-36-38)19-12-8-6-9-13-19)18-37(23)27(40)24(30(2,3)4)32-29(43)44-22-14-10-7-11-15-22/h5-6,8-9,12-13,20-24H,1,7,10-11,14-18H2,2-4H3,(H,32,43)(H,33,39)(H,41,42). The highest BCUT2D eigenvalue weighted by atomic mass is 16.6. The lowest BCUT2D eigenvalue weighted by Crippen LogP contribution is -2.59. The fraction of sp³-hybridized carbons (Fsp3) is 0.581. The molecule has 0 radical (unpaired) electrons. The lowest BCUT2D eigenvalue weighted by atomic mass is 9.85. The third-order valence-corrected chi connectivity index (χ3v) is 8.88. The first-order valence-corrected chi connectivity index (χ1v) is 15.2. The lowest BCUT2D eigenvalue weighted by molar-refractivity contribution is -0.146. The first-order chi connectivity index (χ1) is 20.9. The van der Waals surface area contributed by atoms with Crippen LogP contribution < -0.4 is 10.6 Å². The predicted molar refractivity (Wildman–Crippen MR) is 159 cm³/mol. The lowest BCUT2D eigenvalue weighted by Gasteiger charge is -2.35. The quantitative estimate of drug-likeness (QED) is 0.363. The fourth-order valence-corrected chi connectivity index (χ4v) is 6.18. The van der Waals surface area contributed by atoms with Gasteiger partial charge in [-0.15, -0.1) is 16.8 Å². The predicted octanol–water partition coefficient (Wildman–Crippen LogP) is 3.10. The van der Waals surface area contributed by atoms with Crippen molar-refractivity contribution in [3.05, 3.63) is 43.0 Å². The summed E-state index contributed by atoms with van der Waals surface area (Å²) in [5, 5.41) is 28.3. The Balaban J connectivity index is 1.40. The second kappa shape index (κ2) is 12.4. The van der Waals surface area contributed by atoms with Gasteiger partial charge in [0.15, 0.2) is 0 Å². The number of carboxylic acids is 1. The summed E-state index contributed by atoms with van der Waals surface area (Å²) in [5.74, 6) is -2.27. The zero-order valence-corrected chi connectivity index (χ0v) is 25.4. The SMILES string of the molecule is C=CC1CC1(NC(=O)C1CC(n2nnc(-c3ccccc3)n2)CN1C(=O)C(NC(=O)OC1CCCCC1)C(C)(C)C)C(=O)O. The molecule has 236 valence electrons. The Morgan fingerprint density at radius 2 is 1.84 bits per heavy atom. The van der Waals surface area contributed by atoms with Crippen LogP contribution in [0.3, 0.4) is 0 Å². The van der Waals surface area contributed by atoms with Crippen LogP contribution in [0.2, 0.25) is 0 Å². The summed E-state index contributed by atoms with van der Waals surface area (Å²) >= 11 is 0. The van der Waals surface area contributed by atoms with Crippen LogP contribution in [-0.4, -0.2) is 84.4 Å². The highest BCUT2D eigenvalue weighted by Crippen LogP contribution is 2.45. The second-order valence-electron chi connectivity index (χ2n) is 13.1. The van der Waals surface area contributed by atoms with Crippen molar-refractivity contribution < 1.29 is 29.0 Å². The van der Waals surface area contributed by atoms with Crippen LogP contribution in [0.15, 0.2) is 43.0 Å². The van der Waals surface area contributed by atoms with Crippen LogP contribution >= 0.6 is 0 Å². The van der Waals surface area contributed by atoms with Crippen LogP contribution in [0.5, 0.6) is 0 Å². The van der Waals surface area contributed by atoms with Gasteiger partial charge in [-0.3, -0.25) is 9.59 Å². The maximum Gasteiger partial charge on any atom is 0.408 e. The molecular weight excluding hydrogens is 566 g/mol. The first-order valence-electron chi connectivity index (χ1n) is 15.2. The number of rotatable bonds is 9. The number of hydrogen-bond acceptors (Lipinski definition) is 8. The van der Waals surface area contributed by atoms with Crippen LogP contribution in [0, 0.1) is 11.3 Å². The van der Waals surface area contributed by atoms with Gasteiger partial charge >= 0.3 is 12.1 Å². The Labute approximate surface area is 256 Å². The second-order valence-corrected chi connectivity index (χ2v) is 13.1. The number of nitrogens with one attached hydrogen (secondary N) is 2. The monoisotopic (exact) mass is 607 g/mol. The Hall–Kier alpha value is -4.29. The van der Waals surface area contributed by atoms with E-state index in [0.29, 0.717) is 5.82 Å². The van der Waals surface area contributed by atoms with Crippen LogP contribution in [0.25, 0.3) is 11.4 Å². The Kier molecular flexibility index (Phi) is 8.76. The van der Waals surface area contributed by atoms with E-state index < -0.39 is 58.9 Å². The molecular formula is C31H41N7O6. The molecule has 2 aliphatic carbocycles. The number of carbonyl (C=O) groups excluding carboxylic acids is 3. The maximum absolute atomic E-state index is 14.3. The molecule has 0 bridgehead atoms. The smallest absolute Gasteiger partial charge is 0.408 e. The number of likely N-dealkylation sites (tertiary alicyclic amines) is 1. The van der Waals surface area contributed by atoms with Crippen molar-refractivity contribution in [2.75, 3.05) is 6.54 Å². The topological polar surface area (TPSA) is 169 Å². The van der Waals surface area contributed by atoms with E-state index in [1.165, 1.54) is 15.8 Å². The van der Waals surface area contributed by atoms with Crippen molar-refractivity contribution in [1.29, 1.82) is 0 Å². The molecule has 2 saturated carbocycles. The third kappa shape index (κ3) is 6.46. The summed E-state index contributed by atoms with van der Waals surface area (Å²) < 4.78 is 5.66. The van der Waals surface area contributed by atoms with E-state index in [0.717, 1.165) is 37.7 Å². The minimum Gasteiger partial charge on any atom is -0.479 e. The number of aliphatic carboxylic acids is 1. The number of hydrogen-bond donors (Lipinski definition) is 3. The third-order valence-electron chi connectivity index (χ3n) is 8.88. The van der Waals surface area contributed by atoms with Gasteiger partial charge < -0.3 is 25.4 Å². The van der Waals surface area contributed by atoms with Gasteiger partial charge in [-0.25, -0.2) is 9.59 Å². The van der Waals surface area contributed by atoms with Gasteiger partial charge in [-0.05, 0) is 42.7 Å². The molecule has 13 nitrogen and oxygen atoms in total. The number of aromatic nitrogens is 4. The highest BCUT2D eigenvalue weighted by molar-refractivity contribution is 5.96. The van der Waals surface area contributed by atoms with Crippen molar-refractivity contribution in [1.82, 2.24) is 35.7 Å². The zero-order chi connectivity index (χ0) is 31.6. The van der Waals surface area contributed by atoms with E-state index in [1.807, 2.05) is 51.1 Å². The number of carbonyl (C=O) groups is 4. The number of ether oxygens (including phenoxy) is 1. The molecule has 5 atom stereocenters. The Bertz CT molecular complexity index is 1400. The highest BCUT2D eigenvalue weighted by Gasteiger charge is 2.61. The molecule has 3 amide bonds. The molecule has 1 aromatic heterocycles. The number of benzene rings is 1. The van der Waals surface area contributed by atoms with Gasteiger partial charge in [0.05, 0.1) is 6.04 Å². The molecule has 5 rings (SSSR count). The van der Waals surface area contributed by atoms with Gasteiger partial charge in [0, 0.05) is 24.4 Å². The molecule has 2 heterocycles. The van der Waals surface area contributed by atoms with E-state index in [9.17, 15) is 24.3 Å². The summed E-state index contributed by atoms with van der Waals surface area (Å²) in [6.45, 7) is 9.21. The van der Waals surface area contributed by atoms with Crippen molar-refractivity contribution in [2.24, 2.45) is 11.3 Å². The normalized spacial score (nSPS) is 26.0. The van der Waals surface area contributed by atoms with Gasteiger partial charge in [0.25, 0.3) is 0 Å². The number of nitrogens with zero attached hydrogens (tertiary/aromatic N) is 5. The average molecular weight is 608 g/mol. The van der Waals surface area contributed by atoms with Crippen molar-refractivity contribution in [2.45, 2.75) is 95.5 Å². The van der Waals surface area contributed by atoms with Gasteiger partial charge in [0.1, 0.15) is 23.7 Å². The van der Waals surface area contributed by atoms with Crippen molar-refractivity contribution >= 4 is 23.9 Å². The summed E-state index contributed by atoms with van der Waals surface area (Å²) in [5.41, 5.74) is -1.44. The molecule has 1 saturated heterocycles. The summed E-state index contributed by atoms with van der Waals surface area (Å²) in [4.78, 5) is 55.9. The summed E-state index contributed by atoms with van der Waals surface area (Å²) in [7, 11) is 0. The summed E-state index contributed by atoms with van der Waals surface area (Å²) in [6.07, 6.45) is 5.61. The van der Waals surface area contributed by atoms with E-state index in [1.54, 1.807) is 0 Å². The molecule has 3 N–H and O–H groups in total. The number of alkyl carbamates (subject to hydrolysis) is 1. The molecule has 5 unspecified atom stereocenters. The van der Waals surface area contributed by atoms with E-state index in [2.05, 4.69) is 32.6 Å². The van der Waals surface area contributed by atoms with Crippen LogP contribution in [-0.2, 0) is 19.1 Å². The van der Waals surface area contributed by atoms with E-state index in [4.69, 9.17) is 4.74 Å². The maximum atomic E-state index is 14.3. The number of carboxylic acid groups (broad SMARTS) is 1. The molecule has 2 aromatic rings. The fourth-order valence-electron chi connectivity index (χ4n) is 6.18. The number of amides is 3. The molecule has 3 fully saturated rings. The molecule has 13 heteroatoms. The zero-order valence-electron chi connectivity index (χ0n) is 25.4. The minimum atomic E-state index is -1.47. The van der Waals surface area contributed by atoms with Crippen LogP contribution in [0.4, 0.5) is 4.79 Å². The Morgan fingerprint density at radius 1 is 1.14 bits per heavy atom. The Morgan fingerprint density at radius 3 is 2.45 bits per heavy atom. The van der Waals surface area contributed by atoms with E-state index in [-0.39, 0.29) is 25.5 Å². The molecule has 3 aliphatic rings. The minimum absolute atomic E-state index is 0.0540. The number of tetrazole rings is 1. The van der Waals surface area contributed by atoms with Crippen LogP contribution in [0.1, 0.15) is 71.8 Å². The first kappa shape index (κ1) is 31.1. The molecule has 0 spiro atoms. The van der Waals surface area contributed by atoms with Gasteiger partial charge in [-0.1, -0.05) is 63.6 Å². The summed E-state index contributed by atoms with van der Waals surface area (Å²) in [6, 6.07) is 6.72. The molecule has 44 heavy (non-hydrogen) atoms.